The van der Waals surface area contributed by atoms with Gasteiger partial charge in [-0.1, -0.05) is 19.3 Å². The number of β-amino-alcohol motifs (C(OH)–C–C–N with tert-alkyl or cyclic N) is 1. The van der Waals surface area contributed by atoms with Gasteiger partial charge in [0.05, 0.1) is 6.61 Å². The molecule has 1 saturated heterocycles. The molecule has 4 nitrogen and oxygen atoms in total. The van der Waals surface area contributed by atoms with E-state index in [-0.39, 0.29) is 0 Å². The molecule has 2 rings (SSSR count). The van der Waals surface area contributed by atoms with Gasteiger partial charge >= 0.3 is 0 Å². The number of hydrogen-bond donors (Lipinski definition) is 2. The molecule has 1 saturated carbocycles. The second kappa shape index (κ2) is 8.98. The van der Waals surface area contributed by atoms with E-state index in [4.69, 9.17) is 5.11 Å². The van der Waals surface area contributed by atoms with Crippen molar-refractivity contribution in [2.75, 3.05) is 52.9 Å². The van der Waals surface area contributed by atoms with Crippen molar-refractivity contribution >= 4 is 0 Å². The Morgan fingerprint density at radius 3 is 2.50 bits per heavy atom. The molecular formula is C16H33N3O. The van der Waals surface area contributed by atoms with E-state index in [1.807, 2.05) is 0 Å². The third kappa shape index (κ3) is 4.99. The van der Waals surface area contributed by atoms with Crippen LogP contribution in [-0.2, 0) is 0 Å². The van der Waals surface area contributed by atoms with Gasteiger partial charge in [-0.25, -0.2) is 0 Å². The summed E-state index contributed by atoms with van der Waals surface area (Å²) < 4.78 is 0. The number of aliphatic hydroxyl groups is 1. The van der Waals surface area contributed by atoms with E-state index in [0.717, 1.165) is 25.6 Å². The van der Waals surface area contributed by atoms with Crippen LogP contribution < -0.4 is 5.32 Å². The molecule has 0 aromatic heterocycles. The third-order valence-corrected chi connectivity index (χ3v) is 5.12. The quantitative estimate of drug-likeness (QED) is 0.743. The van der Waals surface area contributed by atoms with Crippen molar-refractivity contribution in [2.24, 2.45) is 5.92 Å². The zero-order valence-electron chi connectivity index (χ0n) is 13.2. The summed E-state index contributed by atoms with van der Waals surface area (Å²) in [5.74, 6) is 0.826. The summed E-state index contributed by atoms with van der Waals surface area (Å²) in [5, 5.41) is 12.6. The van der Waals surface area contributed by atoms with E-state index in [1.165, 1.54) is 58.2 Å². The largest absolute Gasteiger partial charge is 0.395 e. The van der Waals surface area contributed by atoms with Gasteiger partial charge in [-0.05, 0) is 45.3 Å². The maximum atomic E-state index is 9.07. The van der Waals surface area contributed by atoms with Crippen molar-refractivity contribution in [3.05, 3.63) is 0 Å². The van der Waals surface area contributed by atoms with Gasteiger partial charge in [-0.3, -0.25) is 4.90 Å². The first kappa shape index (κ1) is 16.2. The lowest BCUT2D eigenvalue weighted by molar-refractivity contribution is 0.182. The number of nitrogens with one attached hydrogen (secondary N) is 1. The highest BCUT2D eigenvalue weighted by molar-refractivity contribution is 4.82. The summed E-state index contributed by atoms with van der Waals surface area (Å²) in [5.41, 5.74) is 0. The second-order valence-corrected chi connectivity index (χ2v) is 6.51. The fourth-order valence-corrected chi connectivity index (χ4v) is 3.89. The lowest BCUT2D eigenvalue weighted by Crippen LogP contribution is -2.41. The van der Waals surface area contributed by atoms with Gasteiger partial charge in [0.2, 0.25) is 0 Å². The molecule has 2 fully saturated rings. The average Bonchev–Trinajstić information content (AvgIpc) is 2.81. The number of hydrogen-bond acceptors (Lipinski definition) is 4. The molecule has 0 radical (unpaired) electrons. The van der Waals surface area contributed by atoms with Crippen LogP contribution in [0.1, 0.15) is 38.5 Å². The zero-order chi connectivity index (χ0) is 14.2. The minimum atomic E-state index is 0.296. The summed E-state index contributed by atoms with van der Waals surface area (Å²) in [4.78, 5) is 5.07. The van der Waals surface area contributed by atoms with Gasteiger partial charge in [0, 0.05) is 32.2 Å². The fourth-order valence-electron chi connectivity index (χ4n) is 3.89. The maximum Gasteiger partial charge on any atom is 0.0558 e. The Hall–Kier alpha value is -0.160. The van der Waals surface area contributed by atoms with Gasteiger partial charge in [0.25, 0.3) is 0 Å². The Kier molecular flexibility index (Phi) is 7.28. The molecule has 0 spiro atoms. The Morgan fingerprint density at radius 1 is 0.950 bits per heavy atom. The van der Waals surface area contributed by atoms with Crippen LogP contribution in [0, 0.1) is 5.92 Å². The molecule has 2 aliphatic rings. The summed E-state index contributed by atoms with van der Waals surface area (Å²) in [6.07, 6.45) is 8.21. The third-order valence-electron chi connectivity index (χ3n) is 5.12. The van der Waals surface area contributed by atoms with Crippen molar-refractivity contribution in [1.82, 2.24) is 15.1 Å². The summed E-state index contributed by atoms with van der Waals surface area (Å²) >= 11 is 0. The highest BCUT2D eigenvalue weighted by atomic mass is 16.3. The molecule has 0 aromatic carbocycles. The molecular weight excluding hydrogens is 250 g/mol. The summed E-state index contributed by atoms with van der Waals surface area (Å²) in [7, 11) is 2.13. The average molecular weight is 283 g/mol. The van der Waals surface area contributed by atoms with Gasteiger partial charge in [-0.2, -0.15) is 0 Å². The second-order valence-electron chi connectivity index (χ2n) is 6.51. The van der Waals surface area contributed by atoms with Crippen molar-refractivity contribution in [3.8, 4) is 0 Å². The van der Waals surface area contributed by atoms with Crippen LogP contribution in [0.4, 0.5) is 0 Å². The smallest absolute Gasteiger partial charge is 0.0558 e. The summed E-state index contributed by atoms with van der Waals surface area (Å²) in [6, 6.07) is 0.717. The predicted molar refractivity (Wildman–Crippen MR) is 84.0 cm³/mol. The van der Waals surface area contributed by atoms with Crippen LogP contribution in [0.15, 0.2) is 0 Å². The topological polar surface area (TPSA) is 38.7 Å². The first-order valence-corrected chi connectivity index (χ1v) is 8.56. The molecule has 2 atom stereocenters. The van der Waals surface area contributed by atoms with Crippen LogP contribution in [0.25, 0.3) is 0 Å². The monoisotopic (exact) mass is 283 g/mol. The van der Waals surface area contributed by atoms with Crippen LogP contribution in [0.5, 0.6) is 0 Å². The molecule has 1 aliphatic heterocycles. The van der Waals surface area contributed by atoms with Gasteiger partial charge < -0.3 is 15.3 Å². The van der Waals surface area contributed by atoms with Gasteiger partial charge in [0.1, 0.15) is 0 Å². The number of aliphatic hydroxyl groups excluding tert-OH is 1. The Bertz CT molecular complexity index is 262. The van der Waals surface area contributed by atoms with Crippen LogP contribution in [0.3, 0.4) is 0 Å². The predicted octanol–water partition coefficient (Wildman–Crippen LogP) is 1.15. The molecule has 2 unspecified atom stereocenters. The molecule has 20 heavy (non-hydrogen) atoms. The Labute approximate surface area is 124 Å². The molecule has 4 heteroatoms. The maximum absolute atomic E-state index is 9.07. The molecule has 1 heterocycles. The minimum Gasteiger partial charge on any atom is -0.395 e. The fraction of sp³-hybridized carbons (Fsp3) is 1.00. The van der Waals surface area contributed by atoms with E-state index in [9.17, 15) is 0 Å². The lowest BCUT2D eigenvalue weighted by Gasteiger charge is -2.30. The van der Waals surface area contributed by atoms with E-state index in [2.05, 4.69) is 22.2 Å². The van der Waals surface area contributed by atoms with Gasteiger partial charge in [0.15, 0.2) is 0 Å². The highest BCUT2D eigenvalue weighted by Gasteiger charge is 2.25. The van der Waals surface area contributed by atoms with E-state index >= 15 is 0 Å². The Morgan fingerprint density at radius 2 is 1.70 bits per heavy atom. The first-order chi connectivity index (χ1) is 9.83. The number of rotatable bonds is 5. The molecule has 0 bridgehead atoms. The van der Waals surface area contributed by atoms with Crippen molar-refractivity contribution < 1.29 is 5.11 Å². The highest BCUT2D eigenvalue weighted by Crippen LogP contribution is 2.24. The van der Waals surface area contributed by atoms with Crippen LogP contribution in [0.2, 0.25) is 0 Å². The van der Waals surface area contributed by atoms with Crippen LogP contribution >= 0.6 is 0 Å². The Balaban J connectivity index is 1.81. The van der Waals surface area contributed by atoms with E-state index in [0.29, 0.717) is 12.6 Å². The van der Waals surface area contributed by atoms with E-state index in [1.54, 1.807) is 0 Å². The zero-order valence-corrected chi connectivity index (χ0v) is 13.2. The lowest BCUT2D eigenvalue weighted by atomic mass is 9.94. The first-order valence-electron chi connectivity index (χ1n) is 8.56. The molecule has 0 amide bonds. The van der Waals surface area contributed by atoms with Crippen molar-refractivity contribution in [2.45, 2.75) is 44.6 Å². The normalized spacial score (nSPS) is 30.9. The van der Waals surface area contributed by atoms with E-state index < -0.39 is 0 Å². The minimum absolute atomic E-state index is 0.296. The standard InChI is InChI=1S/C16H33N3O/c1-17-16-7-4-2-3-6-15(16)14-19-9-5-8-18(10-11-19)12-13-20/h15-17,20H,2-14H2,1H3. The molecule has 1 aliphatic carbocycles. The SMILES string of the molecule is CNC1CCCCCC1CN1CCCN(CCO)CC1. The molecule has 0 aromatic rings. The van der Waals surface area contributed by atoms with Crippen molar-refractivity contribution in [3.63, 3.8) is 0 Å². The van der Waals surface area contributed by atoms with Gasteiger partial charge in [-0.15, -0.1) is 0 Å². The summed E-state index contributed by atoms with van der Waals surface area (Å²) in [6.45, 7) is 7.08. The number of nitrogens with zero attached hydrogens (tertiary/aromatic N) is 2. The van der Waals surface area contributed by atoms with Crippen molar-refractivity contribution in [1.29, 1.82) is 0 Å². The molecule has 2 N–H and O–H groups in total. The van der Waals surface area contributed by atoms with Crippen LogP contribution in [-0.4, -0.2) is 73.9 Å². The molecule has 118 valence electrons.